The number of carbonyl (C=O) groups excluding carboxylic acids is 1. The van der Waals surface area contributed by atoms with Gasteiger partial charge in [-0.15, -0.1) is 0 Å². The monoisotopic (exact) mass is 186 g/mol. The minimum atomic E-state index is -0.794. The third-order valence-corrected chi connectivity index (χ3v) is 2.08. The highest BCUT2D eigenvalue weighted by atomic mass is 16.5. The van der Waals surface area contributed by atoms with Gasteiger partial charge in [-0.05, 0) is 26.7 Å². The third-order valence-electron chi connectivity index (χ3n) is 2.08. The Labute approximate surface area is 78.8 Å². The van der Waals surface area contributed by atoms with Crippen molar-refractivity contribution >= 4 is 5.91 Å². The maximum absolute atomic E-state index is 11.4. The van der Waals surface area contributed by atoms with Crippen LogP contribution in [0, 0.1) is 0 Å². The van der Waals surface area contributed by atoms with Gasteiger partial charge in [0.2, 0.25) is 5.91 Å². The first-order valence-electron chi connectivity index (χ1n) is 4.68. The maximum atomic E-state index is 11.4. The highest BCUT2D eigenvalue weighted by Crippen LogP contribution is 2.07. The van der Waals surface area contributed by atoms with Gasteiger partial charge in [0.1, 0.15) is 0 Å². The lowest BCUT2D eigenvalue weighted by atomic mass is 10.0. The number of hydrogen-bond acceptors (Lipinski definition) is 3. The van der Waals surface area contributed by atoms with Crippen molar-refractivity contribution in [2.75, 3.05) is 13.2 Å². The van der Waals surface area contributed by atoms with Crippen LogP contribution in [0.25, 0.3) is 0 Å². The van der Waals surface area contributed by atoms with Crippen LogP contribution in [-0.2, 0) is 9.53 Å². The molecule has 1 saturated heterocycles. The fourth-order valence-corrected chi connectivity index (χ4v) is 1.23. The molecule has 1 unspecified atom stereocenters. The Morgan fingerprint density at radius 3 is 2.77 bits per heavy atom. The quantitative estimate of drug-likeness (QED) is 0.639. The summed E-state index contributed by atoms with van der Waals surface area (Å²) in [6.45, 7) is 4.82. The Bertz CT molecular complexity index is 181. The lowest BCUT2D eigenvalue weighted by molar-refractivity contribution is -0.126. The third kappa shape index (κ3) is 3.32. The first-order valence-corrected chi connectivity index (χ1v) is 4.68. The molecule has 1 aliphatic heterocycles. The molecular formula is C9H18N2O2. The van der Waals surface area contributed by atoms with E-state index in [0.29, 0.717) is 6.61 Å². The molecule has 1 fully saturated rings. The summed E-state index contributed by atoms with van der Waals surface area (Å²) in [5.41, 5.74) is 4.85. The van der Waals surface area contributed by atoms with E-state index in [2.05, 4.69) is 5.32 Å². The van der Waals surface area contributed by atoms with Gasteiger partial charge in [0.05, 0.1) is 18.2 Å². The number of hydrogen-bond donors (Lipinski definition) is 2. The lowest BCUT2D eigenvalue weighted by Crippen LogP contribution is -2.53. The predicted molar refractivity (Wildman–Crippen MR) is 50.3 cm³/mol. The van der Waals surface area contributed by atoms with Gasteiger partial charge in [0.15, 0.2) is 0 Å². The van der Waals surface area contributed by atoms with E-state index in [4.69, 9.17) is 10.5 Å². The fourth-order valence-electron chi connectivity index (χ4n) is 1.23. The van der Waals surface area contributed by atoms with E-state index in [9.17, 15) is 4.79 Å². The summed E-state index contributed by atoms with van der Waals surface area (Å²) in [5, 5.41) is 2.87. The number of ether oxygens (including phenoxy) is 1. The van der Waals surface area contributed by atoms with Crippen LogP contribution in [0.15, 0.2) is 0 Å². The van der Waals surface area contributed by atoms with Crippen molar-refractivity contribution in [3.63, 3.8) is 0 Å². The fraction of sp³-hybridized carbons (Fsp3) is 0.889. The van der Waals surface area contributed by atoms with Crippen LogP contribution in [-0.4, -0.2) is 30.7 Å². The normalized spacial score (nSPS) is 24.1. The Kier molecular flexibility index (Phi) is 3.27. The number of amides is 1. The highest BCUT2D eigenvalue weighted by molar-refractivity contribution is 5.85. The molecule has 0 aromatic carbocycles. The van der Waals surface area contributed by atoms with Crippen LogP contribution in [0.5, 0.6) is 0 Å². The van der Waals surface area contributed by atoms with Crippen LogP contribution in [0.3, 0.4) is 0 Å². The predicted octanol–water partition coefficient (Wildman–Crippen LogP) is 0.0189. The SMILES string of the molecule is CC(C)(N)C(=O)NC1CCCOC1. The van der Waals surface area contributed by atoms with Gasteiger partial charge in [0.25, 0.3) is 0 Å². The molecule has 0 aromatic rings. The Morgan fingerprint density at radius 2 is 2.31 bits per heavy atom. The van der Waals surface area contributed by atoms with Crippen molar-refractivity contribution in [1.29, 1.82) is 0 Å². The van der Waals surface area contributed by atoms with E-state index in [-0.39, 0.29) is 11.9 Å². The summed E-state index contributed by atoms with van der Waals surface area (Å²) in [5.74, 6) is -0.108. The van der Waals surface area contributed by atoms with Crippen LogP contribution >= 0.6 is 0 Å². The topological polar surface area (TPSA) is 64.4 Å². The summed E-state index contributed by atoms with van der Waals surface area (Å²) in [6.07, 6.45) is 2.00. The standard InChI is InChI=1S/C9H18N2O2/c1-9(2,10)8(12)11-7-4-3-5-13-6-7/h7H,3-6,10H2,1-2H3,(H,11,12). The van der Waals surface area contributed by atoms with Gasteiger partial charge in [-0.25, -0.2) is 0 Å². The summed E-state index contributed by atoms with van der Waals surface area (Å²) in [4.78, 5) is 11.4. The van der Waals surface area contributed by atoms with E-state index < -0.39 is 5.54 Å². The molecule has 0 aliphatic carbocycles. The molecule has 0 saturated carbocycles. The summed E-state index contributed by atoms with van der Waals surface area (Å²) < 4.78 is 5.24. The largest absolute Gasteiger partial charge is 0.379 e. The first kappa shape index (κ1) is 10.5. The molecule has 3 N–H and O–H groups in total. The van der Waals surface area contributed by atoms with Crippen LogP contribution in [0.1, 0.15) is 26.7 Å². The molecule has 13 heavy (non-hydrogen) atoms. The second kappa shape index (κ2) is 4.07. The van der Waals surface area contributed by atoms with Gasteiger partial charge >= 0.3 is 0 Å². The molecule has 1 heterocycles. The zero-order valence-corrected chi connectivity index (χ0v) is 8.30. The molecule has 4 heteroatoms. The average molecular weight is 186 g/mol. The summed E-state index contributed by atoms with van der Waals surface area (Å²) in [7, 11) is 0. The zero-order valence-electron chi connectivity index (χ0n) is 8.30. The lowest BCUT2D eigenvalue weighted by Gasteiger charge is -2.26. The van der Waals surface area contributed by atoms with Crippen molar-refractivity contribution in [3.8, 4) is 0 Å². The average Bonchev–Trinajstić information content (AvgIpc) is 2.04. The van der Waals surface area contributed by atoms with Gasteiger partial charge in [0, 0.05) is 6.61 Å². The van der Waals surface area contributed by atoms with Crippen molar-refractivity contribution in [3.05, 3.63) is 0 Å². The van der Waals surface area contributed by atoms with Gasteiger partial charge < -0.3 is 15.8 Å². The van der Waals surface area contributed by atoms with Crippen molar-refractivity contribution in [2.24, 2.45) is 5.73 Å². The van der Waals surface area contributed by atoms with Crippen molar-refractivity contribution < 1.29 is 9.53 Å². The van der Waals surface area contributed by atoms with E-state index in [0.717, 1.165) is 19.4 Å². The molecule has 0 aromatic heterocycles. The summed E-state index contributed by atoms with van der Waals surface area (Å²) >= 11 is 0. The summed E-state index contributed by atoms with van der Waals surface area (Å²) in [6, 6.07) is 0.143. The van der Waals surface area contributed by atoms with Crippen molar-refractivity contribution in [2.45, 2.75) is 38.3 Å². The first-order chi connectivity index (χ1) is 6.00. The van der Waals surface area contributed by atoms with E-state index in [1.165, 1.54) is 0 Å². The molecule has 1 atom stereocenters. The van der Waals surface area contributed by atoms with Crippen molar-refractivity contribution in [1.82, 2.24) is 5.32 Å². The van der Waals surface area contributed by atoms with Gasteiger partial charge in [-0.1, -0.05) is 0 Å². The Hall–Kier alpha value is -0.610. The highest BCUT2D eigenvalue weighted by Gasteiger charge is 2.25. The molecule has 1 amide bonds. The minimum Gasteiger partial charge on any atom is -0.379 e. The molecular weight excluding hydrogens is 168 g/mol. The molecule has 0 radical (unpaired) electrons. The smallest absolute Gasteiger partial charge is 0.239 e. The van der Waals surface area contributed by atoms with Gasteiger partial charge in [-0.3, -0.25) is 4.79 Å². The second-order valence-corrected chi connectivity index (χ2v) is 4.11. The van der Waals surface area contributed by atoms with Crippen LogP contribution in [0.4, 0.5) is 0 Å². The number of carbonyl (C=O) groups is 1. The van der Waals surface area contributed by atoms with E-state index in [1.807, 2.05) is 0 Å². The Morgan fingerprint density at radius 1 is 1.62 bits per heavy atom. The molecule has 0 spiro atoms. The molecule has 1 aliphatic rings. The Balaban J connectivity index is 2.35. The van der Waals surface area contributed by atoms with E-state index >= 15 is 0 Å². The van der Waals surface area contributed by atoms with Crippen LogP contribution < -0.4 is 11.1 Å². The molecule has 76 valence electrons. The van der Waals surface area contributed by atoms with Crippen LogP contribution in [0.2, 0.25) is 0 Å². The number of nitrogens with one attached hydrogen (secondary N) is 1. The maximum Gasteiger partial charge on any atom is 0.239 e. The molecule has 4 nitrogen and oxygen atoms in total. The number of rotatable bonds is 2. The zero-order chi connectivity index (χ0) is 9.90. The van der Waals surface area contributed by atoms with Gasteiger partial charge in [-0.2, -0.15) is 0 Å². The number of nitrogens with two attached hydrogens (primary N) is 1. The van der Waals surface area contributed by atoms with E-state index in [1.54, 1.807) is 13.8 Å². The minimum absolute atomic E-state index is 0.108. The molecule has 0 bridgehead atoms. The second-order valence-electron chi connectivity index (χ2n) is 4.11. The molecule has 1 rings (SSSR count).